The zero-order chi connectivity index (χ0) is 22.7. The van der Waals surface area contributed by atoms with Gasteiger partial charge in [0.15, 0.2) is 17.2 Å². The van der Waals surface area contributed by atoms with Crippen LogP contribution in [0, 0.1) is 24.5 Å². The minimum Gasteiger partial charge on any atom is -0.493 e. The van der Waals surface area contributed by atoms with Crippen LogP contribution in [0.25, 0.3) is 11.0 Å². The largest absolute Gasteiger partial charge is 0.493 e. The minimum atomic E-state index is -4.71. The number of hydrogen-bond donors (Lipinski definition) is 1. The van der Waals surface area contributed by atoms with Gasteiger partial charge in [-0.1, -0.05) is 13.0 Å². The highest BCUT2D eigenvalue weighted by Gasteiger charge is 2.65. The van der Waals surface area contributed by atoms with Gasteiger partial charge in [-0.05, 0) is 26.0 Å². The van der Waals surface area contributed by atoms with E-state index in [9.17, 15) is 22.0 Å². The van der Waals surface area contributed by atoms with Crippen molar-refractivity contribution in [2.45, 2.75) is 44.6 Å². The standard InChI is InChI=1S/C21H20F5N3O2/c1-9-14(11-5-6-12(22)15(23)17(11)30-4)18(31-20(9,3)21(24,25)26)19-28-13-7-8-27-10(2)16(13)29-19/h5-9,14,18H,1-4H3,(H,28,29)/t9?,14?,18-,20-/m1/s1. The summed E-state index contributed by atoms with van der Waals surface area (Å²) in [6, 6.07) is 3.74. The lowest BCUT2D eigenvalue weighted by atomic mass is 9.77. The van der Waals surface area contributed by atoms with E-state index >= 15 is 0 Å². The van der Waals surface area contributed by atoms with E-state index in [1.165, 1.54) is 13.0 Å². The van der Waals surface area contributed by atoms with Crippen molar-refractivity contribution in [3.05, 3.63) is 53.1 Å². The number of ether oxygens (including phenoxy) is 2. The van der Waals surface area contributed by atoms with Gasteiger partial charge in [-0.2, -0.15) is 17.6 Å². The van der Waals surface area contributed by atoms with E-state index in [2.05, 4.69) is 15.0 Å². The molecular formula is C21H20F5N3O2. The third-order valence-electron chi connectivity index (χ3n) is 6.18. The maximum absolute atomic E-state index is 14.4. The van der Waals surface area contributed by atoms with Crippen molar-refractivity contribution < 1.29 is 31.4 Å². The van der Waals surface area contributed by atoms with Crippen molar-refractivity contribution >= 4 is 11.0 Å². The van der Waals surface area contributed by atoms with Gasteiger partial charge in [-0.25, -0.2) is 9.37 Å². The average Bonchev–Trinajstić information content (AvgIpc) is 3.25. The Kier molecular flexibility index (Phi) is 4.95. The van der Waals surface area contributed by atoms with E-state index in [1.807, 2.05) is 0 Å². The molecule has 5 nitrogen and oxygen atoms in total. The summed E-state index contributed by atoms with van der Waals surface area (Å²) in [5, 5.41) is 0. The number of aromatic amines is 1. The number of rotatable bonds is 3. The molecule has 3 aromatic rings. The predicted octanol–water partition coefficient (Wildman–Crippen LogP) is 5.37. The highest BCUT2D eigenvalue weighted by atomic mass is 19.4. The van der Waals surface area contributed by atoms with Gasteiger partial charge in [0.1, 0.15) is 17.4 Å². The number of aryl methyl sites for hydroxylation is 1. The number of hydrogen-bond acceptors (Lipinski definition) is 4. The van der Waals surface area contributed by atoms with Crippen molar-refractivity contribution in [2.24, 2.45) is 5.92 Å². The molecule has 3 heterocycles. The zero-order valence-electron chi connectivity index (χ0n) is 17.1. The van der Waals surface area contributed by atoms with E-state index in [1.54, 1.807) is 19.2 Å². The number of nitrogens with one attached hydrogen (secondary N) is 1. The molecule has 31 heavy (non-hydrogen) atoms. The Morgan fingerprint density at radius 2 is 1.90 bits per heavy atom. The number of methoxy groups -OCH3 is 1. The van der Waals surface area contributed by atoms with Gasteiger partial charge in [-0.3, -0.25) is 4.98 Å². The Balaban J connectivity index is 1.93. The van der Waals surface area contributed by atoms with Crippen LogP contribution in [0.15, 0.2) is 24.4 Å². The second-order valence-electron chi connectivity index (χ2n) is 7.86. The number of H-pyrrole nitrogens is 1. The third-order valence-corrected chi connectivity index (χ3v) is 6.18. The maximum atomic E-state index is 14.4. The molecule has 2 unspecified atom stereocenters. The summed E-state index contributed by atoms with van der Waals surface area (Å²) in [4.78, 5) is 11.6. The smallest absolute Gasteiger partial charge is 0.417 e. The molecule has 4 atom stereocenters. The van der Waals surface area contributed by atoms with Crippen LogP contribution in [0.4, 0.5) is 22.0 Å². The number of pyridine rings is 1. The van der Waals surface area contributed by atoms with E-state index in [0.717, 1.165) is 20.1 Å². The number of nitrogens with zero attached hydrogens (tertiary/aromatic N) is 2. The summed E-state index contributed by atoms with van der Waals surface area (Å²) in [5.74, 6) is -4.92. The summed E-state index contributed by atoms with van der Waals surface area (Å²) in [7, 11) is 1.13. The maximum Gasteiger partial charge on any atom is 0.417 e. The van der Waals surface area contributed by atoms with Gasteiger partial charge in [0.25, 0.3) is 0 Å². The van der Waals surface area contributed by atoms with Crippen LogP contribution in [0.3, 0.4) is 0 Å². The normalized spacial score (nSPS) is 26.5. The molecule has 1 N–H and O–H groups in total. The summed E-state index contributed by atoms with van der Waals surface area (Å²) in [5.41, 5.74) is -0.820. The fraction of sp³-hybridized carbons (Fsp3) is 0.429. The molecule has 2 aromatic heterocycles. The first kappa shape index (κ1) is 21.5. The molecule has 4 rings (SSSR count). The van der Waals surface area contributed by atoms with E-state index in [-0.39, 0.29) is 11.4 Å². The first-order valence-electron chi connectivity index (χ1n) is 9.57. The number of fused-ring (bicyclic) bond motifs is 1. The number of alkyl halides is 3. The number of benzene rings is 1. The molecule has 0 amide bonds. The first-order chi connectivity index (χ1) is 14.5. The Bertz CT molecular complexity index is 1150. The minimum absolute atomic E-state index is 0.0715. The van der Waals surface area contributed by atoms with Crippen LogP contribution < -0.4 is 4.74 Å². The van der Waals surface area contributed by atoms with Crippen LogP contribution in [0.2, 0.25) is 0 Å². The topological polar surface area (TPSA) is 60.0 Å². The van der Waals surface area contributed by atoms with Crippen LogP contribution in [-0.2, 0) is 4.74 Å². The summed E-state index contributed by atoms with van der Waals surface area (Å²) in [6.45, 7) is 4.04. The molecule has 1 fully saturated rings. The molecule has 1 aliphatic rings. The molecule has 0 bridgehead atoms. The summed E-state index contributed by atoms with van der Waals surface area (Å²) in [6.07, 6.45) is -4.38. The first-order valence-corrected chi connectivity index (χ1v) is 9.57. The second-order valence-corrected chi connectivity index (χ2v) is 7.86. The molecule has 1 aromatic carbocycles. The quantitative estimate of drug-likeness (QED) is 0.556. The van der Waals surface area contributed by atoms with E-state index in [0.29, 0.717) is 16.7 Å². The Morgan fingerprint density at radius 3 is 2.52 bits per heavy atom. The molecule has 0 aliphatic carbocycles. The molecule has 0 radical (unpaired) electrons. The van der Waals surface area contributed by atoms with Gasteiger partial charge < -0.3 is 14.5 Å². The van der Waals surface area contributed by atoms with Crippen molar-refractivity contribution in [1.82, 2.24) is 15.0 Å². The summed E-state index contributed by atoms with van der Waals surface area (Å²) < 4.78 is 81.0. The van der Waals surface area contributed by atoms with Crippen molar-refractivity contribution in [3.63, 3.8) is 0 Å². The molecule has 1 aliphatic heterocycles. The molecule has 0 saturated carbocycles. The number of aromatic nitrogens is 3. The van der Waals surface area contributed by atoms with Gasteiger partial charge in [0, 0.05) is 23.6 Å². The molecular weight excluding hydrogens is 421 g/mol. The van der Waals surface area contributed by atoms with Crippen molar-refractivity contribution in [3.8, 4) is 5.75 Å². The Labute approximate surface area is 174 Å². The van der Waals surface area contributed by atoms with Crippen molar-refractivity contribution in [2.75, 3.05) is 7.11 Å². The molecule has 1 saturated heterocycles. The van der Waals surface area contributed by atoms with Crippen LogP contribution >= 0.6 is 0 Å². The number of halogens is 5. The van der Waals surface area contributed by atoms with Gasteiger partial charge in [-0.15, -0.1) is 0 Å². The summed E-state index contributed by atoms with van der Waals surface area (Å²) >= 11 is 0. The molecule has 0 spiro atoms. The van der Waals surface area contributed by atoms with Gasteiger partial charge in [0.05, 0.1) is 18.3 Å². The fourth-order valence-electron chi connectivity index (χ4n) is 4.27. The monoisotopic (exact) mass is 441 g/mol. The van der Waals surface area contributed by atoms with Gasteiger partial charge in [0.2, 0.25) is 5.82 Å². The zero-order valence-corrected chi connectivity index (χ0v) is 17.1. The average molecular weight is 441 g/mol. The molecule has 10 heteroatoms. The third kappa shape index (κ3) is 3.15. The van der Waals surface area contributed by atoms with Crippen LogP contribution in [0.5, 0.6) is 5.75 Å². The van der Waals surface area contributed by atoms with Crippen molar-refractivity contribution in [1.29, 1.82) is 0 Å². The highest BCUT2D eigenvalue weighted by molar-refractivity contribution is 5.77. The fourth-order valence-corrected chi connectivity index (χ4v) is 4.27. The SMILES string of the molecule is COc1c(C2C(C)[C@](C)(C(F)(F)F)O[C@H]2c2nc3c(C)nccc3[nH]2)ccc(F)c1F. The Hall–Kier alpha value is -2.75. The van der Waals surface area contributed by atoms with E-state index < -0.39 is 47.1 Å². The molecule has 166 valence electrons. The lowest BCUT2D eigenvalue weighted by Gasteiger charge is -2.32. The van der Waals surface area contributed by atoms with Gasteiger partial charge >= 0.3 is 6.18 Å². The second kappa shape index (κ2) is 7.15. The van der Waals surface area contributed by atoms with E-state index in [4.69, 9.17) is 9.47 Å². The highest BCUT2D eigenvalue weighted by Crippen LogP contribution is 2.59. The lowest BCUT2D eigenvalue weighted by Crippen LogP contribution is -2.46. The lowest BCUT2D eigenvalue weighted by molar-refractivity contribution is -0.275. The Morgan fingerprint density at radius 1 is 1.19 bits per heavy atom. The van der Waals surface area contributed by atoms with Crippen LogP contribution in [-0.4, -0.2) is 33.8 Å². The predicted molar refractivity (Wildman–Crippen MR) is 102 cm³/mol. The number of imidazole rings is 1. The van der Waals surface area contributed by atoms with Crippen LogP contribution in [0.1, 0.15) is 43.0 Å².